The highest BCUT2D eigenvalue weighted by atomic mass is 15.5. The van der Waals surface area contributed by atoms with Gasteiger partial charge < -0.3 is 0 Å². The molecule has 0 N–H and O–H groups in total. The minimum absolute atomic E-state index is 0. The summed E-state index contributed by atoms with van der Waals surface area (Å²) in [5.74, 6) is 0. The van der Waals surface area contributed by atoms with Crippen molar-refractivity contribution in [3.63, 3.8) is 0 Å². The molecule has 0 aliphatic carbocycles. The van der Waals surface area contributed by atoms with Crippen molar-refractivity contribution >= 4 is 0 Å². The molecule has 13 heavy (non-hydrogen) atoms. The fourth-order valence-corrected chi connectivity index (χ4v) is 1.43. The molecule has 0 aromatic heterocycles. The predicted molar refractivity (Wildman–Crippen MR) is 62.7 cm³/mol. The topological polar surface area (TPSA) is 9.72 Å². The highest BCUT2D eigenvalue weighted by Gasteiger charge is 2.15. The van der Waals surface area contributed by atoms with Gasteiger partial charge in [0.1, 0.15) is 0 Å². The summed E-state index contributed by atoms with van der Waals surface area (Å²) in [6, 6.07) is 0. The van der Waals surface area contributed by atoms with Crippen LogP contribution in [-0.2, 0) is 0 Å². The molecule has 0 radical (unpaired) electrons. The Morgan fingerprint density at radius 3 is 1.54 bits per heavy atom. The number of nitrogens with zero attached hydrogens (tertiary/aromatic N) is 3. The van der Waals surface area contributed by atoms with E-state index in [1.54, 1.807) is 0 Å². The smallest absolute Gasteiger partial charge is 0.0526 e. The lowest BCUT2D eigenvalue weighted by atomic mass is 10.5. The van der Waals surface area contributed by atoms with E-state index in [-0.39, 0.29) is 22.3 Å². The average molecular weight is 191 g/mol. The fourth-order valence-electron chi connectivity index (χ4n) is 1.43. The number of rotatable bonds is 1. The zero-order chi connectivity index (χ0) is 7.56. The van der Waals surface area contributed by atoms with Gasteiger partial charge >= 0.3 is 0 Å². The molecule has 0 saturated carbocycles. The highest BCUT2D eigenvalue weighted by Crippen LogP contribution is 2.01. The Morgan fingerprint density at radius 1 is 0.846 bits per heavy atom. The van der Waals surface area contributed by atoms with Gasteiger partial charge in [-0.1, -0.05) is 29.2 Å². The van der Waals surface area contributed by atoms with E-state index in [4.69, 9.17) is 0 Å². The maximum absolute atomic E-state index is 2.41. The predicted octanol–water partition coefficient (Wildman–Crippen LogP) is 1.97. The largest absolute Gasteiger partial charge is 0.280 e. The Bertz CT molecular complexity index is 96.3. The van der Waals surface area contributed by atoms with E-state index in [0.717, 1.165) is 26.6 Å². The fraction of sp³-hybridized carbons (Fsp3) is 1.00. The zero-order valence-corrected chi connectivity index (χ0v) is 7.17. The van der Waals surface area contributed by atoms with Crippen LogP contribution in [0.1, 0.15) is 29.2 Å². The van der Waals surface area contributed by atoms with Crippen molar-refractivity contribution in [2.75, 3.05) is 40.6 Å². The van der Waals surface area contributed by atoms with Crippen LogP contribution in [0, 0.1) is 0 Å². The van der Waals surface area contributed by atoms with Crippen LogP contribution in [0.4, 0.5) is 0 Å². The quantitative estimate of drug-likeness (QED) is 0.627. The second-order valence-electron chi connectivity index (χ2n) is 3.12. The summed E-state index contributed by atoms with van der Waals surface area (Å²) in [4.78, 5) is 7.03. The SMILES string of the molecule is C.C.C.CCN1CN(C)CN(C)C1. The Morgan fingerprint density at radius 2 is 1.23 bits per heavy atom. The first kappa shape index (κ1) is 18.6. The van der Waals surface area contributed by atoms with E-state index in [1.165, 1.54) is 0 Å². The summed E-state index contributed by atoms with van der Waals surface area (Å²) in [6.07, 6.45) is 0. The Hall–Kier alpha value is -0.120. The molecule has 1 saturated heterocycles. The molecular weight excluding hydrogens is 162 g/mol. The van der Waals surface area contributed by atoms with Gasteiger partial charge in [0.25, 0.3) is 0 Å². The van der Waals surface area contributed by atoms with E-state index in [0.29, 0.717) is 0 Å². The zero-order valence-electron chi connectivity index (χ0n) is 7.17. The van der Waals surface area contributed by atoms with Gasteiger partial charge in [-0.25, -0.2) is 0 Å². The van der Waals surface area contributed by atoms with Crippen molar-refractivity contribution in [2.24, 2.45) is 0 Å². The van der Waals surface area contributed by atoms with Crippen LogP contribution < -0.4 is 0 Å². The van der Waals surface area contributed by atoms with Gasteiger partial charge in [0, 0.05) is 0 Å². The standard InChI is InChI=1S/C7H17N3.3CH4/c1-4-10-6-8(2)5-9(3)7-10;;;/h4-7H2,1-3H3;3*1H4. The summed E-state index contributed by atoms with van der Waals surface area (Å²) >= 11 is 0. The van der Waals surface area contributed by atoms with E-state index in [2.05, 4.69) is 35.7 Å². The molecule has 3 heteroatoms. The molecule has 1 fully saturated rings. The molecule has 1 aliphatic rings. The lowest BCUT2D eigenvalue weighted by Gasteiger charge is -2.38. The van der Waals surface area contributed by atoms with Crippen LogP contribution in [0.2, 0.25) is 0 Å². The third kappa shape index (κ3) is 6.02. The lowest BCUT2D eigenvalue weighted by Crippen LogP contribution is -2.51. The van der Waals surface area contributed by atoms with Crippen molar-refractivity contribution in [1.29, 1.82) is 0 Å². The van der Waals surface area contributed by atoms with E-state index in [1.807, 2.05) is 0 Å². The van der Waals surface area contributed by atoms with Crippen molar-refractivity contribution in [3.8, 4) is 0 Å². The van der Waals surface area contributed by atoms with Gasteiger partial charge in [-0.05, 0) is 20.6 Å². The van der Waals surface area contributed by atoms with E-state index >= 15 is 0 Å². The summed E-state index contributed by atoms with van der Waals surface area (Å²) in [5.41, 5.74) is 0. The van der Waals surface area contributed by atoms with Crippen LogP contribution in [0.5, 0.6) is 0 Å². The van der Waals surface area contributed by atoms with Crippen LogP contribution in [0.25, 0.3) is 0 Å². The summed E-state index contributed by atoms with van der Waals surface area (Å²) in [5, 5.41) is 0. The third-order valence-electron chi connectivity index (χ3n) is 1.81. The van der Waals surface area contributed by atoms with Gasteiger partial charge in [0.2, 0.25) is 0 Å². The number of hydrogen-bond donors (Lipinski definition) is 0. The Balaban J connectivity index is -0.000000333. The summed E-state index contributed by atoms with van der Waals surface area (Å²) in [7, 11) is 4.30. The van der Waals surface area contributed by atoms with Gasteiger partial charge in [-0.15, -0.1) is 0 Å². The first-order valence-electron chi connectivity index (χ1n) is 3.82. The second-order valence-corrected chi connectivity index (χ2v) is 3.12. The minimum atomic E-state index is 0. The molecule has 0 amide bonds. The maximum atomic E-state index is 2.41. The molecule has 1 aliphatic heterocycles. The Kier molecular flexibility index (Phi) is 12.1. The van der Waals surface area contributed by atoms with Crippen LogP contribution in [0.15, 0.2) is 0 Å². The van der Waals surface area contributed by atoms with Gasteiger partial charge in [0.15, 0.2) is 0 Å². The molecule has 84 valence electrons. The monoisotopic (exact) mass is 191 g/mol. The molecule has 0 aromatic carbocycles. The maximum Gasteiger partial charge on any atom is 0.0526 e. The van der Waals surface area contributed by atoms with Crippen LogP contribution in [0.3, 0.4) is 0 Å². The number of hydrogen-bond acceptors (Lipinski definition) is 3. The molecular formula is C10H29N3. The van der Waals surface area contributed by atoms with Gasteiger partial charge in [-0.2, -0.15) is 0 Å². The second kappa shape index (κ2) is 8.48. The van der Waals surface area contributed by atoms with Gasteiger partial charge in [0.05, 0.1) is 20.0 Å². The first-order valence-corrected chi connectivity index (χ1v) is 3.82. The molecule has 3 nitrogen and oxygen atoms in total. The average Bonchev–Trinajstić information content (AvgIpc) is 1.85. The third-order valence-corrected chi connectivity index (χ3v) is 1.81. The van der Waals surface area contributed by atoms with Crippen molar-refractivity contribution in [3.05, 3.63) is 0 Å². The molecule has 1 rings (SSSR count). The molecule has 0 aromatic rings. The van der Waals surface area contributed by atoms with E-state index in [9.17, 15) is 0 Å². The van der Waals surface area contributed by atoms with Crippen molar-refractivity contribution < 1.29 is 0 Å². The van der Waals surface area contributed by atoms with E-state index < -0.39 is 0 Å². The summed E-state index contributed by atoms with van der Waals surface area (Å²) < 4.78 is 0. The summed E-state index contributed by atoms with van der Waals surface area (Å²) in [6.45, 7) is 6.67. The molecule has 0 spiro atoms. The highest BCUT2D eigenvalue weighted by molar-refractivity contribution is 4.61. The molecule has 0 unspecified atom stereocenters. The van der Waals surface area contributed by atoms with Crippen molar-refractivity contribution in [1.82, 2.24) is 14.7 Å². The lowest BCUT2D eigenvalue weighted by molar-refractivity contribution is 0.00208. The molecule has 0 atom stereocenters. The molecule has 0 bridgehead atoms. The normalized spacial score (nSPS) is 19.6. The van der Waals surface area contributed by atoms with Gasteiger partial charge in [-0.3, -0.25) is 14.7 Å². The minimum Gasteiger partial charge on any atom is -0.280 e. The van der Waals surface area contributed by atoms with Crippen LogP contribution in [-0.4, -0.2) is 55.3 Å². The molecule has 1 heterocycles. The first-order chi connectivity index (χ1) is 4.72. The Labute approximate surface area is 85.3 Å². The van der Waals surface area contributed by atoms with Crippen molar-refractivity contribution in [2.45, 2.75) is 29.2 Å². The van der Waals surface area contributed by atoms with Crippen LogP contribution >= 0.6 is 0 Å².